The first-order valence-electron chi connectivity index (χ1n) is 16.8. The molecule has 0 aliphatic rings. The van der Waals surface area contributed by atoms with Gasteiger partial charge in [0, 0.05) is 40.2 Å². The molecule has 43 heavy (non-hydrogen) atoms. The molecule has 2 aromatic carbocycles. The summed E-state index contributed by atoms with van der Waals surface area (Å²) >= 11 is 1.26. The maximum absolute atomic E-state index is 13.9. The second-order valence-corrected chi connectivity index (χ2v) is 17.7. The first-order valence-corrected chi connectivity index (χ1v) is 18.1. The van der Waals surface area contributed by atoms with Crippen LogP contribution < -0.4 is 5.19 Å². The van der Waals surface area contributed by atoms with Crippen LogP contribution in [0.1, 0.15) is 38.9 Å². The van der Waals surface area contributed by atoms with Gasteiger partial charge in [-0.3, -0.25) is 0 Å². The van der Waals surface area contributed by atoms with Crippen molar-refractivity contribution in [1.29, 1.82) is 0 Å². The number of aryl methyl sites for hydroxylation is 2. The van der Waals surface area contributed by atoms with Crippen LogP contribution in [-0.4, -0.2) is 23.0 Å². The Hall–Kier alpha value is -3.09. The molecule has 0 aliphatic carbocycles. The first-order chi connectivity index (χ1) is 22.4. The van der Waals surface area contributed by atoms with Crippen molar-refractivity contribution in [1.82, 2.24) is 15.0 Å². The number of hydrogen-bond acceptors (Lipinski definition) is 4. The molecule has 6 rings (SSSR count). The van der Waals surface area contributed by atoms with Crippen LogP contribution in [0.15, 0.2) is 73.1 Å². The zero-order valence-corrected chi connectivity index (χ0v) is 28.9. The summed E-state index contributed by atoms with van der Waals surface area (Å²) in [5.41, 5.74) is 3.99. The van der Waals surface area contributed by atoms with Crippen molar-refractivity contribution in [2.24, 2.45) is 5.92 Å². The second kappa shape index (κ2) is 13.7. The van der Waals surface area contributed by atoms with Crippen LogP contribution in [0.5, 0.6) is 0 Å². The molecular formula is C36H36FIrN3SSi-2. The Bertz CT molecular complexity index is 2080. The molecule has 7 heteroatoms. The summed E-state index contributed by atoms with van der Waals surface area (Å²) in [5, 5.41) is 3.09. The van der Waals surface area contributed by atoms with E-state index in [4.69, 9.17) is 8.22 Å². The third-order valence-electron chi connectivity index (χ3n) is 6.82. The fourth-order valence-corrected chi connectivity index (χ4v) is 7.64. The first kappa shape index (κ1) is 25.3. The fraction of sp³-hybridized carbons (Fsp3) is 0.250. The van der Waals surface area contributed by atoms with Crippen LogP contribution in [0.4, 0.5) is 4.39 Å². The number of aromatic nitrogens is 3. The van der Waals surface area contributed by atoms with Crippen LogP contribution in [0.2, 0.25) is 19.6 Å². The van der Waals surface area contributed by atoms with E-state index in [1.165, 1.54) is 34.2 Å². The Kier molecular flexibility index (Phi) is 8.04. The number of fused-ring (bicyclic) bond motifs is 3. The summed E-state index contributed by atoms with van der Waals surface area (Å²) < 4.78 is 59.7. The summed E-state index contributed by atoms with van der Waals surface area (Å²) in [6.45, 7) is 6.82. The van der Waals surface area contributed by atoms with Crippen molar-refractivity contribution in [2.45, 2.75) is 53.6 Å². The molecular weight excluding hydrogens is 746 g/mol. The van der Waals surface area contributed by atoms with E-state index in [1.54, 1.807) is 12.1 Å². The van der Waals surface area contributed by atoms with Crippen LogP contribution in [0, 0.1) is 37.6 Å². The molecule has 0 N–H and O–H groups in total. The normalized spacial score (nSPS) is 14.0. The van der Waals surface area contributed by atoms with Gasteiger partial charge in [-0.25, -0.2) is 9.37 Å². The molecule has 3 nitrogen and oxygen atoms in total. The minimum absolute atomic E-state index is 0. The maximum atomic E-state index is 13.9. The average molecular weight is 788 g/mol. The molecule has 4 aromatic heterocycles. The van der Waals surface area contributed by atoms with Crippen molar-refractivity contribution in [2.75, 3.05) is 0 Å². The van der Waals surface area contributed by atoms with E-state index in [0.29, 0.717) is 16.3 Å². The fourth-order valence-electron chi connectivity index (χ4n) is 4.87. The van der Waals surface area contributed by atoms with Gasteiger partial charge < -0.3 is 9.97 Å². The Morgan fingerprint density at radius 1 is 0.930 bits per heavy atom. The van der Waals surface area contributed by atoms with Crippen LogP contribution in [0.3, 0.4) is 0 Å². The van der Waals surface area contributed by atoms with Gasteiger partial charge in [0.05, 0.1) is 14.3 Å². The van der Waals surface area contributed by atoms with E-state index in [1.807, 2.05) is 24.3 Å². The van der Waals surface area contributed by atoms with Crippen molar-refractivity contribution >= 4 is 44.9 Å². The predicted molar refractivity (Wildman–Crippen MR) is 179 cm³/mol. The molecule has 0 unspecified atom stereocenters. The minimum Gasteiger partial charge on any atom is -0.305 e. The SMILES string of the molecule is CC(C)Cc1cc(-c2[c-]cccc2)ncc1[Si](C)(C)C.[2H]C([2H])([2H])c1ccc2c(n1)sc1c(-c3cc(C([2H])([2H])[2H])c(F)cn3)[c-]ccc12.[Ir]. The number of thiophene rings is 1. The summed E-state index contributed by atoms with van der Waals surface area (Å²) in [6, 6.07) is 24.5. The Balaban J connectivity index is 0.000000229. The van der Waals surface area contributed by atoms with Crippen molar-refractivity contribution in [3.63, 3.8) is 0 Å². The molecule has 0 saturated heterocycles. The van der Waals surface area contributed by atoms with E-state index in [-0.39, 0.29) is 31.5 Å². The van der Waals surface area contributed by atoms with E-state index < -0.39 is 33.2 Å². The number of benzene rings is 2. The summed E-state index contributed by atoms with van der Waals surface area (Å²) in [5.74, 6) is -0.226. The molecule has 0 atom stereocenters. The van der Waals surface area contributed by atoms with E-state index in [9.17, 15) is 4.39 Å². The zero-order chi connectivity index (χ0) is 35.0. The number of nitrogens with zero attached hydrogens (tertiary/aromatic N) is 3. The van der Waals surface area contributed by atoms with Gasteiger partial charge in [-0.05, 0) is 64.3 Å². The van der Waals surface area contributed by atoms with Gasteiger partial charge >= 0.3 is 0 Å². The standard InChI is InChI=1S/C18H12FN2S.C18H24NSi.Ir/c1-10-8-16(20-9-15(10)19)14-5-3-4-12-13-7-6-11(2)21-18(13)22-17(12)14;1-14(2)11-16-12-17(15-9-7-6-8-10-15)19-13-18(16)20(3,4)5;/h3-4,6-9H,1-2H3;6-9,12-14H,11H2,1-5H3;/q2*-1;/i1D3,2D3;;. The monoisotopic (exact) mass is 788 g/mol. The van der Waals surface area contributed by atoms with E-state index in [2.05, 4.69) is 78.9 Å². The molecule has 0 bridgehead atoms. The van der Waals surface area contributed by atoms with Gasteiger partial charge in [0.2, 0.25) is 0 Å². The minimum atomic E-state index is -2.61. The van der Waals surface area contributed by atoms with Gasteiger partial charge in [0.15, 0.2) is 0 Å². The summed E-state index contributed by atoms with van der Waals surface area (Å²) in [4.78, 5) is 13.5. The number of hydrogen-bond donors (Lipinski definition) is 0. The molecule has 0 spiro atoms. The van der Waals surface area contributed by atoms with Gasteiger partial charge in [0.1, 0.15) is 10.6 Å². The number of halogens is 1. The number of rotatable bonds is 5. The number of pyridine rings is 3. The molecule has 0 aliphatic heterocycles. The van der Waals surface area contributed by atoms with Crippen LogP contribution in [-0.2, 0) is 26.5 Å². The molecule has 6 aromatic rings. The van der Waals surface area contributed by atoms with Crippen LogP contribution >= 0.6 is 11.3 Å². The largest absolute Gasteiger partial charge is 0.305 e. The Morgan fingerprint density at radius 2 is 1.74 bits per heavy atom. The van der Waals surface area contributed by atoms with E-state index in [0.717, 1.165) is 39.3 Å². The zero-order valence-electron chi connectivity index (χ0n) is 30.7. The van der Waals surface area contributed by atoms with Gasteiger partial charge in [0.25, 0.3) is 0 Å². The molecule has 4 heterocycles. The second-order valence-electron chi connectivity index (χ2n) is 11.6. The van der Waals surface area contributed by atoms with Gasteiger partial charge in [-0.2, -0.15) is 11.3 Å². The Morgan fingerprint density at radius 3 is 2.44 bits per heavy atom. The van der Waals surface area contributed by atoms with Crippen molar-refractivity contribution in [3.05, 3.63) is 108 Å². The van der Waals surface area contributed by atoms with Crippen molar-refractivity contribution in [3.8, 4) is 22.5 Å². The Labute approximate surface area is 281 Å². The summed E-state index contributed by atoms with van der Waals surface area (Å²) in [7, 11) is -1.34. The van der Waals surface area contributed by atoms with Crippen molar-refractivity contribution < 1.29 is 32.7 Å². The molecule has 0 saturated carbocycles. The average Bonchev–Trinajstić information content (AvgIpc) is 3.39. The quantitative estimate of drug-likeness (QED) is 0.129. The molecule has 1 radical (unpaired) electrons. The maximum Gasteiger partial charge on any atom is 0.142 e. The summed E-state index contributed by atoms with van der Waals surface area (Å²) in [6.07, 6.45) is 4.13. The van der Waals surface area contributed by atoms with Gasteiger partial charge in [-0.1, -0.05) is 62.6 Å². The van der Waals surface area contributed by atoms with E-state index >= 15 is 0 Å². The predicted octanol–water partition coefficient (Wildman–Crippen LogP) is 9.36. The van der Waals surface area contributed by atoms with Gasteiger partial charge in [-0.15, -0.1) is 59.7 Å². The third kappa shape index (κ3) is 7.53. The molecule has 0 amide bonds. The third-order valence-corrected chi connectivity index (χ3v) is 10.0. The smallest absolute Gasteiger partial charge is 0.142 e. The van der Waals surface area contributed by atoms with Crippen LogP contribution in [0.25, 0.3) is 42.8 Å². The topological polar surface area (TPSA) is 38.7 Å². The molecule has 223 valence electrons. The molecule has 0 fully saturated rings.